The summed E-state index contributed by atoms with van der Waals surface area (Å²) in [6.45, 7) is 2.01. The Balaban J connectivity index is 2.08. The second-order valence-electron chi connectivity index (χ2n) is 4.77. The molecule has 0 bridgehead atoms. The van der Waals surface area contributed by atoms with Crippen LogP contribution in [0.4, 0.5) is 5.82 Å². The minimum absolute atomic E-state index is 0.000370. The fourth-order valence-electron chi connectivity index (χ4n) is 2.22. The van der Waals surface area contributed by atoms with E-state index in [2.05, 4.69) is 15.3 Å². The monoisotopic (exact) mass is 253 g/mol. The average molecular weight is 254 g/mol. The van der Waals surface area contributed by atoms with Crippen LogP contribution in [0.2, 0.25) is 5.15 Å². The van der Waals surface area contributed by atoms with E-state index in [-0.39, 0.29) is 16.5 Å². The van der Waals surface area contributed by atoms with Crippen molar-refractivity contribution in [1.29, 1.82) is 0 Å². The third-order valence-electron chi connectivity index (χ3n) is 3.39. The number of nitrogens with zero attached hydrogens (tertiary/aromatic N) is 2. The highest BCUT2D eigenvalue weighted by Gasteiger charge is 2.34. The van der Waals surface area contributed by atoms with Crippen LogP contribution in [-0.4, -0.2) is 15.9 Å². The van der Waals surface area contributed by atoms with Crippen LogP contribution < -0.4 is 5.32 Å². The molecular weight excluding hydrogens is 238 g/mol. The van der Waals surface area contributed by atoms with Crippen LogP contribution in [0, 0.1) is 5.41 Å². The number of hydrogen-bond acceptors (Lipinski definition) is 3. The van der Waals surface area contributed by atoms with Gasteiger partial charge in [-0.1, -0.05) is 37.8 Å². The average Bonchev–Trinajstić information content (AvgIpc) is 2.33. The molecule has 1 aliphatic rings. The molecule has 1 aromatic rings. The summed E-state index contributed by atoms with van der Waals surface area (Å²) < 4.78 is 0. The van der Waals surface area contributed by atoms with Crippen molar-refractivity contribution in [2.45, 2.75) is 39.0 Å². The highest BCUT2D eigenvalue weighted by molar-refractivity contribution is 6.32. The molecule has 1 aromatic heterocycles. The molecule has 1 saturated carbocycles. The van der Waals surface area contributed by atoms with Gasteiger partial charge in [0, 0.05) is 17.8 Å². The number of hydrogen-bond donors (Lipinski definition) is 1. The Bertz CT molecular complexity index is 416. The van der Waals surface area contributed by atoms with E-state index >= 15 is 0 Å². The Morgan fingerprint density at radius 2 is 1.94 bits per heavy atom. The molecule has 1 aliphatic carbocycles. The number of amides is 1. The molecule has 0 aromatic carbocycles. The third-order valence-corrected chi connectivity index (χ3v) is 3.67. The standard InChI is InChI=1S/C12H16ClN3O/c1-12(5-3-2-4-6-12)11(17)16-10-9(13)14-7-8-15-10/h7-8H,2-6H2,1H3,(H,15,16,17). The van der Waals surface area contributed by atoms with Gasteiger partial charge in [0.2, 0.25) is 5.91 Å². The maximum absolute atomic E-state index is 12.2. The van der Waals surface area contributed by atoms with E-state index in [1.54, 1.807) is 0 Å². The van der Waals surface area contributed by atoms with Gasteiger partial charge in [-0.2, -0.15) is 0 Å². The van der Waals surface area contributed by atoms with E-state index in [0.717, 1.165) is 25.7 Å². The number of anilines is 1. The summed E-state index contributed by atoms with van der Waals surface area (Å²) in [5.74, 6) is 0.352. The number of carbonyl (C=O) groups is 1. The van der Waals surface area contributed by atoms with Crippen molar-refractivity contribution in [2.24, 2.45) is 5.41 Å². The molecule has 0 atom stereocenters. The molecule has 4 nitrogen and oxygen atoms in total. The summed E-state index contributed by atoms with van der Waals surface area (Å²) in [6, 6.07) is 0. The quantitative estimate of drug-likeness (QED) is 0.881. The van der Waals surface area contributed by atoms with Crippen molar-refractivity contribution in [1.82, 2.24) is 9.97 Å². The molecule has 0 aliphatic heterocycles. The molecule has 17 heavy (non-hydrogen) atoms. The fourth-order valence-corrected chi connectivity index (χ4v) is 2.37. The lowest BCUT2D eigenvalue weighted by Gasteiger charge is -2.31. The molecule has 1 N–H and O–H groups in total. The van der Waals surface area contributed by atoms with Gasteiger partial charge < -0.3 is 5.32 Å². The Morgan fingerprint density at radius 1 is 1.29 bits per heavy atom. The first-order valence-corrected chi connectivity index (χ1v) is 6.28. The maximum Gasteiger partial charge on any atom is 0.231 e. The zero-order chi connectivity index (χ0) is 12.3. The topological polar surface area (TPSA) is 54.9 Å². The minimum atomic E-state index is -0.293. The molecule has 5 heteroatoms. The lowest BCUT2D eigenvalue weighted by Crippen LogP contribution is -2.35. The van der Waals surface area contributed by atoms with Crippen LogP contribution in [-0.2, 0) is 4.79 Å². The van der Waals surface area contributed by atoms with E-state index in [9.17, 15) is 4.79 Å². The Hall–Kier alpha value is -1.16. The molecule has 92 valence electrons. The SMILES string of the molecule is CC1(C(=O)Nc2nccnc2Cl)CCCCC1. The highest BCUT2D eigenvalue weighted by Crippen LogP contribution is 2.36. The van der Waals surface area contributed by atoms with Crippen molar-refractivity contribution >= 4 is 23.3 Å². The smallest absolute Gasteiger partial charge is 0.231 e. The van der Waals surface area contributed by atoms with Crippen molar-refractivity contribution in [3.8, 4) is 0 Å². The molecule has 0 saturated heterocycles. The Labute approximate surface area is 106 Å². The van der Waals surface area contributed by atoms with Crippen molar-refractivity contribution in [3.05, 3.63) is 17.5 Å². The second-order valence-corrected chi connectivity index (χ2v) is 5.13. The van der Waals surface area contributed by atoms with Crippen molar-refractivity contribution in [2.75, 3.05) is 5.32 Å². The largest absolute Gasteiger partial charge is 0.308 e. The molecule has 1 amide bonds. The number of nitrogens with one attached hydrogen (secondary N) is 1. The molecule has 0 radical (unpaired) electrons. The van der Waals surface area contributed by atoms with E-state index in [4.69, 9.17) is 11.6 Å². The van der Waals surface area contributed by atoms with Gasteiger partial charge in [0.25, 0.3) is 0 Å². The van der Waals surface area contributed by atoms with Crippen LogP contribution in [0.5, 0.6) is 0 Å². The molecule has 1 fully saturated rings. The van der Waals surface area contributed by atoms with E-state index in [1.165, 1.54) is 18.8 Å². The summed E-state index contributed by atoms with van der Waals surface area (Å²) in [5, 5.41) is 3.01. The number of halogens is 1. The molecule has 2 rings (SSSR count). The van der Waals surface area contributed by atoms with Crippen LogP contribution in [0.1, 0.15) is 39.0 Å². The fraction of sp³-hybridized carbons (Fsp3) is 0.583. The molecule has 0 spiro atoms. The Kier molecular flexibility index (Phi) is 3.62. The zero-order valence-corrected chi connectivity index (χ0v) is 10.6. The van der Waals surface area contributed by atoms with Gasteiger partial charge in [0.1, 0.15) is 0 Å². The van der Waals surface area contributed by atoms with Gasteiger partial charge in [-0.05, 0) is 12.8 Å². The van der Waals surface area contributed by atoms with Gasteiger partial charge in [-0.15, -0.1) is 0 Å². The predicted octanol–water partition coefficient (Wildman–Crippen LogP) is 3.04. The van der Waals surface area contributed by atoms with Crippen molar-refractivity contribution < 1.29 is 4.79 Å². The van der Waals surface area contributed by atoms with E-state index in [1.807, 2.05) is 6.92 Å². The Morgan fingerprint density at radius 3 is 2.59 bits per heavy atom. The summed E-state index contributed by atoms with van der Waals surface area (Å²) in [4.78, 5) is 20.1. The van der Waals surface area contributed by atoms with Gasteiger partial charge in [-0.25, -0.2) is 9.97 Å². The third kappa shape index (κ3) is 2.75. The van der Waals surface area contributed by atoms with Crippen LogP contribution in [0.25, 0.3) is 0 Å². The lowest BCUT2D eigenvalue weighted by molar-refractivity contribution is -0.126. The summed E-state index contributed by atoms with van der Waals surface area (Å²) >= 11 is 5.86. The lowest BCUT2D eigenvalue weighted by atomic mass is 9.75. The van der Waals surface area contributed by atoms with Gasteiger partial charge in [0.15, 0.2) is 11.0 Å². The van der Waals surface area contributed by atoms with Gasteiger partial charge in [0.05, 0.1) is 0 Å². The first-order chi connectivity index (χ1) is 8.12. The minimum Gasteiger partial charge on any atom is -0.308 e. The first-order valence-electron chi connectivity index (χ1n) is 5.90. The maximum atomic E-state index is 12.2. The van der Waals surface area contributed by atoms with Gasteiger partial charge >= 0.3 is 0 Å². The number of rotatable bonds is 2. The summed E-state index contributed by atoms with van der Waals surface area (Å²) in [6.07, 6.45) is 8.31. The van der Waals surface area contributed by atoms with Crippen LogP contribution in [0.15, 0.2) is 12.4 Å². The van der Waals surface area contributed by atoms with Crippen molar-refractivity contribution in [3.63, 3.8) is 0 Å². The molecular formula is C12H16ClN3O. The normalized spacial score (nSPS) is 18.7. The van der Waals surface area contributed by atoms with Gasteiger partial charge in [-0.3, -0.25) is 4.79 Å². The van der Waals surface area contributed by atoms with E-state index in [0.29, 0.717) is 5.82 Å². The highest BCUT2D eigenvalue weighted by atomic mass is 35.5. The van der Waals surface area contributed by atoms with E-state index < -0.39 is 0 Å². The first kappa shape index (κ1) is 12.3. The summed E-state index contributed by atoms with van der Waals surface area (Å²) in [7, 11) is 0. The van der Waals surface area contributed by atoms with Crippen LogP contribution >= 0.6 is 11.6 Å². The number of aromatic nitrogens is 2. The molecule has 0 unspecified atom stereocenters. The molecule has 1 heterocycles. The predicted molar refractivity (Wildman–Crippen MR) is 66.9 cm³/mol. The van der Waals surface area contributed by atoms with Crippen LogP contribution in [0.3, 0.4) is 0 Å². The second kappa shape index (κ2) is 5.00. The summed E-state index contributed by atoms with van der Waals surface area (Å²) in [5.41, 5.74) is -0.293. The zero-order valence-electron chi connectivity index (χ0n) is 9.87. The number of carbonyl (C=O) groups excluding carboxylic acids is 1.